The summed E-state index contributed by atoms with van der Waals surface area (Å²) in [5.41, 5.74) is 5.35. The second kappa shape index (κ2) is 18.6. The lowest BCUT2D eigenvalue weighted by Gasteiger charge is -2.18. The molecule has 2 rings (SSSR count). The zero-order valence-electron chi connectivity index (χ0n) is 20.7. The minimum absolute atomic E-state index is 0.0800. The molecule has 0 bridgehead atoms. The predicted molar refractivity (Wildman–Crippen MR) is 145 cm³/mol. The van der Waals surface area contributed by atoms with Crippen LogP contribution in [0.1, 0.15) is 76.1 Å². The van der Waals surface area contributed by atoms with E-state index < -0.39 is 11.7 Å². The van der Waals surface area contributed by atoms with Gasteiger partial charge in [0, 0.05) is 31.6 Å². The second-order valence-electron chi connectivity index (χ2n) is 8.76. The Hall–Kier alpha value is -1.60. The van der Waals surface area contributed by atoms with Crippen LogP contribution in [0.4, 0.5) is 4.39 Å². The van der Waals surface area contributed by atoms with Gasteiger partial charge >= 0.3 is 0 Å². The van der Waals surface area contributed by atoms with E-state index in [4.69, 9.17) is 39.1 Å². The van der Waals surface area contributed by atoms with E-state index in [1.807, 2.05) is 30.0 Å². The molecule has 1 saturated carbocycles. The highest BCUT2D eigenvalue weighted by Crippen LogP contribution is 2.26. The van der Waals surface area contributed by atoms with Crippen molar-refractivity contribution < 1.29 is 18.7 Å². The summed E-state index contributed by atoms with van der Waals surface area (Å²) in [6, 6.07) is 0. The number of ether oxygens (including phenoxy) is 1. The molecule has 0 spiro atoms. The first-order chi connectivity index (χ1) is 16.4. The molecule has 35 heavy (non-hydrogen) atoms. The van der Waals surface area contributed by atoms with Gasteiger partial charge in [0.05, 0.1) is 33.5 Å². The van der Waals surface area contributed by atoms with Gasteiger partial charge in [0.1, 0.15) is 0 Å². The van der Waals surface area contributed by atoms with Gasteiger partial charge in [0.2, 0.25) is 6.41 Å². The lowest BCUT2D eigenvalue weighted by Crippen LogP contribution is -2.25. The molecular weight excluding hydrogens is 513 g/mol. The van der Waals surface area contributed by atoms with Crippen molar-refractivity contribution in [1.82, 2.24) is 10.3 Å². The Bertz CT molecular complexity index is 798. The van der Waals surface area contributed by atoms with E-state index in [0.717, 1.165) is 6.21 Å². The number of Topliss-reactive ketones (excluding diaryl/α,β-unsaturated/α-hetero) is 1. The van der Waals surface area contributed by atoms with E-state index in [1.54, 1.807) is 0 Å². The number of nitrogens with two attached hydrogens (primary N) is 1. The fraction of sp³-hybridized carbons (Fsp3) is 0.583. The molecule has 2 atom stereocenters. The summed E-state index contributed by atoms with van der Waals surface area (Å²) in [4.78, 5) is 25.6. The van der Waals surface area contributed by atoms with Crippen molar-refractivity contribution in [2.24, 2.45) is 5.73 Å². The Kier molecular flexibility index (Phi) is 17.8. The zero-order chi connectivity index (χ0) is 26.9. The molecular formula is C24H38Cl2FN4O3P. The molecule has 198 valence electrons. The van der Waals surface area contributed by atoms with E-state index >= 15 is 0 Å². The number of alkyl halides is 1. The number of hydrogen-bond donors (Lipinski definition) is 3. The number of allylic oxidation sites excluding steroid dienone is 2. The fourth-order valence-electron chi connectivity index (χ4n) is 2.89. The highest BCUT2D eigenvalue weighted by atomic mass is 35.5. The topological polar surface area (TPSA) is 118 Å². The van der Waals surface area contributed by atoms with Crippen LogP contribution in [0, 0.1) is 5.41 Å². The molecule has 0 aliphatic heterocycles. The number of carbonyl (C=O) groups excluding carboxylic acids is 2. The van der Waals surface area contributed by atoms with Crippen molar-refractivity contribution in [1.29, 1.82) is 5.41 Å². The lowest BCUT2D eigenvalue weighted by atomic mass is 10.0. The summed E-state index contributed by atoms with van der Waals surface area (Å²) in [6.07, 6.45) is 12.8. The van der Waals surface area contributed by atoms with E-state index in [-0.39, 0.29) is 38.9 Å². The summed E-state index contributed by atoms with van der Waals surface area (Å²) < 4.78 is 18.4. The second-order valence-corrected chi connectivity index (χ2v) is 10.2. The van der Waals surface area contributed by atoms with Crippen molar-refractivity contribution in [2.75, 3.05) is 13.2 Å². The highest BCUT2D eigenvalue weighted by Gasteiger charge is 2.18. The number of hydrogen-bond acceptors (Lipinski definition) is 6. The zero-order valence-corrected chi connectivity index (χ0v) is 23.4. The maximum Gasteiger partial charge on any atom is 0.207 e. The smallest absolute Gasteiger partial charge is 0.207 e. The number of carbonyl (C=O) groups is 2. The number of rotatable bonds is 9. The first kappa shape index (κ1) is 33.4. The van der Waals surface area contributed by atoms with Gasteiger partial charge in [-0.05, 0) is 26.3 Å². The Labute approximate surface area is 220 Å². The number of aromatic nitrogens is 1. The van der Waals surface area contributed by atoms with Crippen molar-refractivity contribution in [3.05, 3.63) is 39.3 Å². The van der Waals surface area contributed by atoms with Gasteiger partial charge in [0.15, 0.2) is 11.7 Å². The largest absolute Gasteiger partial charge is 0.399 e. The molecule has 1 heterocycles. The lowest BCUT2D eigenvalue weighted by molar-refractivity contribution is -0.110. The third-order valence-electron chi connectivity index (χ3n) is 4.69. The van der Waals surface area contributed by atoms with Gasteiger partial charge in [-0.25, -0.2) is 4.39 Å². The van der Waals surface area contributed by atoms with Crippen molar-refractivity contribution in [3.8, 4) is 0 Å². The fourth-order valence-corrected chi connectivity index (χ4v) is 3.68. The summed E-state index contributed by atoms with van der Waals surface area (Å²) in [5.74, 6) is -1.97. The molecule has 0 saturated heterocycles. The number of nitrogens with one attached hydrogen (secondary N) is 2. The average Bonchev–Trinajstić information content (AvgIpc) is 2.81. The monoisotopic (exact) mass is 550 g/mol. The van der Waals surface area contributed by atoms with Crippen LogP contribution in [0.2, 0.25) is 10.0 Å². The average molecular weight is 551 g/mol. The normalized spacial score (nSPS) is 14.7. The van der Waals surface area contributed by atoms with Gasteiger partial charge in [-0.1, -0.05) is 71.0 Å². The van der Waals surface area contributed by atoms with E-state index in [1.165, 1.54) is 50.9 Å². The number of halogens is 3. The van der Waals surface area contributed by atoms with Crippen molar-refractivity contribution in [2.45, 2.75) is 77.2 Å². The first-order valence-electron chi connectivity index (χ1n) is 11.5. The third kappa shape index (κ3) is 15.9. The summed E-state index contributed by atoms with van der Waals surface area (Å²) in [6.45, 7) is 7.10. The van der Waals surface area contributed by atoms with Gasteiger partial charge in [-0.2, -0.15) is 0 Å². The van der Waals surface area contributed by atoms with Gasteiger partial charge < -0.3 is 21.2 Å². The van der Waals surface area contributed by atoms with Crippen LogP contribution < -0.4 is 11.1 Å². The van der Waals surface area contributed by atoms with E-state index in [9.17, 15) is 14.0 Å². The molecule has 4 N–H and O–H groups in total. The summed E-state index contributed by atoms with van der Waals surface area (Å²) in [7, 11) is 1.85. The van der Waals surface area contributed by atoms with Crippen LogP contribution in [0.3, 0.4) is 0 Å². The summed E-state index contributed by atoms with van der Waals surface area (Å²) >= 11 is 11.7. The number of amides is 1. The molecule has 1 fully saturated rings. The number of pyridine rings is 1. The molecule has 1 aromatic heterocycles. The maximum atomic E-state index is 13.0. The number of nitrogens with zero attached hydrogens (tertiary/aromatic N) is 1. The minimum atomic E-state index is -1.52. The van der Waals surface area contributed by atoms with Crippen LogP contribution in [-0.2, 0) is 9.53 Å². The molecule has 1 amide bonds. The Morgan fingerprint density at radius 2 is 1.71 bits per heavy atom. The Morgan fingerprint density at radius 3 is 2.09 bits per heavy atom. The van der Waals surface area contributed by atoms with Crippen LogP contribution >= 0.6 is 32.4 Å². The molecule has 0 radical (unpaired) electrons. The predicted octanol–water partition coefficient (Wildman–Crippen LogP) is 5.88. The van der Waals surface area contributed by atoms with Gasteiger partial charge in [0.25, 0.3) is 0 Å². The third-order valence-corrected chi connectivity index (χ3v) is 5.62. The van der Waals surface area contributed by atoms with Crippen LogP contribution in [-0.4, -0.2) is 48.1 Å². The highest BCUT2D eigenvalue weighted by molar-refractivity contribution is 7.17. The molecule has 1 aromatic rings. The molecule has 1 aliphatic rings. The van der Waals surface area contributed by atoms with E-state index in [2.05, 4.69) is 10.3 Å². The van der Waals surface area contributed by atoms with Gasteiger partial charge in [-0.15, -0.1) is 0 Å². The van der Waals surface area contributed by atoms with E-state index in [0.29, 0.717) is 19.6 Å². The summed E-state index contributed by atoms with van der Waals surface area (Å²) in [5, 5.41) is 9.89. The van der Waals surface area contributed by atoms with Crippen LogP contribution in [0.15, 0.2) is 23.7 Å². The molecule has 2 unspecified atom stereocenters. The van der Waals surface area contributed by atoms with Gasteiger partial charge in [-0.3, -0.25) is 14.6 Å². The molecule has 7 nitrogen and oxygen atoms in total. The van der Waals surface area contributed by atoms with Crippen molar-refractivity contribution >= 4 is 50.8 Å². The number of ketones is 1. The maximum absolute atomic E-state index is 13.0. The standard InChI is InChI=1S/C11H11Cl2FN3OP.C7H15NO2.C6H12/c12-6-3-17-4-7(13)9(6)8(18)1-5(2-15)10(16)11(14)19;1-7(2,3)10-5-4-8-6-9;1-2-4-6-5-3-1/h2-4,11,15H,1,16,19H2;6H,4-5H2,1-3H3,(H,8,9);1-6H2/b10-5-,15-2?;;. The van der Waals surface area contributed by atoms with Crippen molar-refractivity contribution in [3.63, 3.8) is 0 Å². The molecule has 0 aromatic carbocycles. The SMILES string of the molecule is C1CCCCC1.CC(C)(C)OCCNC=O.N=C/C(CC(=O)c1c(Cl)cncc1Cl)=C(\N)C(F)P. The molecule has 11 heteroatoms. The van der Waals surface area contributed by atoms with Crippen LogP contribution in [0.25, 0.3) is 0 Å². The Morgan fingerprint density at radius 1 is 1.23 bits per heavy atom. The first-order valence-corrected chi connectivity index (χ1v) is 12.9. The minimum Gasteiger partial charge on any atom is -0.399 e. The van der Waals surface area contributed by atoms with Crippen LogP contribution in [0.5, 0.6) is 0 Å². The molecule has 1 aliphatic carbocycles. The Balaban J connectivity index is 0.000000596. The quantitative estimate of drug-likeness (QED) is 0.116.